The van der Waals surface area contributed by atoms with Gasteiger partial charge >= 0.3 is 0 Å². The fourth-order valence-corrected chi connectivity index (χ4v) is 4.16. The zero-order valence-electron chi connectivity index (χ0n) is 16.0. The molecule has 148 valence electrons. The monoisotopic (exact) mass is 418 g/mol. The third kappa shape index (κ3) is 2.38. The lowest BCUT2D eigenvalue weighted by Crippen LogP contribution is -2.14. The second-order valence-corrected chi connectivity index (χ2v) is 7.60. The molecule has 4 aromatic heterocycles. The number of halogens is 1. The molecule has 0 bridgehead atoms. The van der Waals surface area contributed by atoms with Gasteiger partial charge in [-0.05, 0) is 19.1 Å². The molecular weight excluding hydrogens is 404 g/mol. The van der Waals surface area contributed by atoms with Crippen molar-refractivity contribution in [2.24, 2.45) is 7.05 Å². The lowest BCUT2D eigenvalue weighted by Gasteiger charge is -2.24. The molecule has 9 nitrogen and oxygen atoms in total. The Kier molecular flexibility index (Phi) is 3.51. The first-order chi connectivity index (χ1) is 14.6. The lowest BCUT2D eigenvalue weighted by molar-refractivity contribution is 0.416. The molecule has 30 heavy (non-hydrogen) atoms. The fraction of sp³-hybridized carbons (Fsp3) is 0.150. The van der Waals surface area contributed by atoms with E-state index in [1.807, 2.05) is 50.6 Å². The standard InChI is InChI=1S/C20H15ClN8O/c1-10-14-15(11-7-23-28(2)8-11)16-18-24-17(12-5-3-4-6-13(12)21)27-29(18)9-22-19(16)30-20(14)26-25-10/h3-9,15H,1-2H3,(H,25,26). The average molecular weight is 419 g/mol. The van der Waals surface area contributed by atoms with E-state index in [4.69, 9.17) is 21.3 Å². The number of aryl methyl sites for hydroxylation is 2. The Hall–Kier alpha value is -3.72. The highest BCUT2D eigenvalue weighted by Crippen LogP contribution is 2.48. The van der Waals surface area contributed by atoms with Crippen molar-refractivity contribution in [2.75, 3.05) is 0 Å². The highest BCUT2D eigenvalue weighted by molar-refractivity contribution is 6.33. The second kappa shape index (κ2) is 6.14. The van der Waals surface area contributed by atoms with E-state index in [1.165, 1.54) is 0 Å². The summed E-state index contributed by atoms with van der Waals surface area (Å²) in [4.78, 5) is 9.31. The maximum absolute atomic E-state index is 6.38. The number of benzene rings is 1. The summed E-state index contributed by atoms with van der Waals surface area (Å²) in [5, 5.41) is 16.9. The summed E-state index contributed by atoms with van der Waals surface area (Å²) in [5.41, 5.74) is 5.06. The van der Waals surface area contributed by atoms with E-state index >= 15 is 0 Å². The summed E-state index contributed by atoms with van der Waals surface area (Å²) in [6, 6.07) is 7.49. The van der Waals surface area contributed by atoms with E-state index in [-0.39, 0.29) is 5.92 Å². The molecule has 1 aliphatic heterocycles. The molecule has 0 radical (unpaired) electrons. The van der Waals surface area contributed by atoms with Crippen LogP contribution in [-0.4, -0.2) is 39.6 Å². The van der Waals surface area contributed by atoms with Gasteiger partial charge in [0.25, 0.3) is 0 Å². The van der Waals surface area contributed by atoms with Crippen molar-refractivity contribution in [1.82, 2.24) is 39.6 Å². The maximum atomic E-state index is 6.38. The molecule has 1 unspecified atom stereocenters. The van der Waals surface area contributed by atoms with Crippen LogP contribution >= 0.6 is 11.6 Å². The van der Waals surface area contributed by atoms with E-state index < -0.39 is 0 Å². The molecule has 10 heteroatoms. The summed E-state index contributed by atoms with van der Waals surface area (Å²) in [6.07, 6.45) is 5.40. The molecule has 6 rings (SSSR count). The van der Waals surface area contributed by atoms with E-state index in [0.717, 1.165) is 27.9 Å². The Morgan fingerprint density at radius 2 is 2.03 bits per heavy atom. The van der Waals surface area contributed by atoms with Gasteiger partial charge < -0.3 is 4.74 Å². The molecule has 0 spiro atoms. The van der Waals surface area contributed by atoms with Crippen molar-refractivity contribution < 1.29 is 4.74 Å². The van der Waals surface area contributed by atoms with Crippen molar-refractivity contribution in [3.05, 3.63) is 70.4 Å². The number of aromatic amines is 1. The third-order valence-electron chi connectivity index (χ3n) is 5.29. The molecule has 5 aromatic rings. The minimum absolute atomic E-state index is 0.198. The fourth-order valence-electron chi connectivity index (χ4n) is 3.94. The van der Waals surface area contributed by atoms with Crippen LogP contribution in [0.1, 0.15) is 28.3 Å². The number of nitrogens with one attached hydrogen (secondary N) is 1. The van der Waals surface area contributed by atoms with Gasteiger partial charge in [0.15, 0.2) is 11.5 Å². The Bertz CT molecular complexity index is 1430. The second-order valence-electron chi connectivity index (χ2n) is 7.20. The minimum atomic E-state index is -0.198. The van der Waals surface area contributed by atoms with Crippen LogP contribution < -0.4 is 4.74 Å². The highest BCUT2D eigenvalue weighted by Gasteiger charge is 2.37. The number of H-pyrrole nitrogens is 1. The van der Waals surface area contributed by atoms with Gasteiger partial charge in [-0.2, -0.15) is 5.10 Å². The van der Waals surface area contributed by atoms with Crippen molar-refractivity contribution >= 4 is 17.2 Å². The first-order valence-electron chi connectivity index (χ1n) is 9.31. The molecule has 1 aliphatic rings. The molecule has 0 saturated carbocycles. The molecule has 1 atom stereocenters. The van der Waals surface area contributed by atoms with Crippen LogP contribution in [0.4, 0.5) is 0 Å². The molecule has 0 amide bonds. The molecule has 0 aliphatic carbocycles. The topological polar surface area (TPSA) is 98.8 Å². The van der Waals surface area contributed by atoms with Crippen LogP contribution in [0.15, 0.2) is 43.0 Å². The van der Waals surface area contributed by atoms with Crippen molar-refractivity contribution in [3.63, 3.8) is 0 Å². The number of aromatic nitrogens is 8. The van der Waals surface area contributed by atoms with Gasteiger partial charge in [0, 0.05) is 35.6 Å². The van der Waals surface area contributed by atoms with E-state index in [9.17, 15) is 0 Å². The molecule has 1 N–H and O–H groups in total. The summed E-state index contributed by atoms with van der Waals surface area (Å²) in [6.45, 7) is 1.97. The number of rotatable bonds is 2. The van der Waals surface area contributed by atoms with Crippen LogP contribution in [0.25, 0.3) is 17.0 Å². The third-order valence-corrected chi connectivity index (χ3v) is 5.62. The summed E-state index contributed by atoms with van der Waals surface area (Å²) >= 11 is 6.38. The average Bonchev–Trinajstić information content (AvgIpc) is 3.45. The summed E-state index contributed by atoms with van der Waals surface area (Å²) in [7, 11) is 1.89. The number of fused-ring (bicyclic) bond motifs is 4. The van der Waals surface area contributed by atoms with Crippen molar-refractivity contribution in [1.29, 1.82) is 0 Å². The largest absolute Gasteiger partial charge is 0.418 e. The molecule has 1 aromatic carbocycles. The first-order valence-corrected chi connectivity index (χ1v) is 9.69. The van der Waals surface area contributed by atoms with E-state index in [2.05, 4.69) is 25.4 Å². The van der Waals surface area contributed by atoms with Gasteiger partial charge in [-0.1, -0.05) is 23.7 Å². The van der Waals surface area contributed by atoms with E-state index in [1.54, 1.807) is 15.5 Å². The molecule has 5 heterocycles. The normalized spacial score (nSPS) is 15.1. The molecule has 0 fully saturated rings. The van der Waals surface area contributed by atoms with E-state index in [0.29, 0.717) is 28.3 Å². The number of hydrogen-bond acceptors (Lipinski definition) is 6. The van der Waals surface area contributed by atoms with Crippen LogP contribution in [0, 0.1) is 6.92 Å². The summed E-state index contributed by atoms with van der Waals surface area (Å²) in [5.74, 6) is 1.29. The predicted molar refractivity (Wildman–Crippen MR) is 109 cm³/mol. The quantitative estimate of drug-likeness (QED) is 0.462. The van der Waals surface area contributed by atoms with Gasteiger partial charge in [-0.15, -0.1) is 10.2 Å². The summed E-state index contributed by atoms with van der Waals surface area (Å²) < 4.78 is 9.44. The predicted octanol–water partition coefficient (Wildman–Crippen LogP) is 3.50. The Labute approximate surface area is 175 Å². The minimum Gasteiger partial charge on any atom is -0.418 e. The van der Waals surface area contributed by atoms with Crippen molar-refractivity contribution in [3.8, 4) is 23.1 Å². The van der Waals surface area contributed by atoms with Gasteiger partial charge in [0.2, 0.25) is 11.8 Å². The number of hydrogen-bond donors (Lipinski definition) is 1. The zero-order valence-corrected chi connectivity index (χ0v) is 16.8. The first kappa shape index (κ1) is 17.2. The SMILES string of the molecule is Cc1[nH]nc2c1C(c1cnn(C)c1)c1c(ncn3nc(-c4ccccc4Cl)nc13)O2. The van der Waals surface area contributed by atoms with Gasteiger partial charge in [-0.25, -0.2) is 14.5 Å². The number of ether oxygens (including phenoxy) is 1. The Morgan fingerprint density at radius 1 is 1.17 bits per heavy atom. The van der Waals surface area contributed by atoms with Crippen LogP contribution in [0.3, 0.4) is 0 Å². The molecule has 0 saturated heterocycles. The van der Waals surface area contributed by atoms with Crippen molar-refractivity contribution in [2.45, 2.75) is 12.8 Å². The zero-order chi connectivity index (χ0) is 20.4. The highest BCUT2D eigenvalue weighted by atomic mass is 35.5. The van der Waals surface area contributed by atoms with Gasteiger partial charge in [0.05, 0.1) is 22.7 Å². The Morgan fingerprint density at radius 3 is 2.83 bits per heavy atom. The van der Waals surface area contributed by atoms with Crippen LogP contribution in [0.5, 0.6) is 11.8 Å². The van der Waals surface area contributed by atoms with Crippen LogP contribution in [0.2, 0.25) is 5.02 Å². The smallest absolute Gasteiger partial charge is 0.244 e. The van der Waals surface area contributed by atoms with Gasteiger partial charge in [0.1, 0.15) is 6.33 Å². The van der Waals surface area contributed by atoms with Gasteiger partial charge in [-0.3, -0.25) is 9.78 Å². The maximum Gasteiger partial charge on any atom is 0.244 e. The van der Waals surface area contributed by atoms with Crippen LogP contribution in [-0.2, 0) is 7.05 Å². The lowest BCUT2D eigenvalue weighted by atomic mass is 9.86. The Balaban J connectivity index is 1.64. The molecular formula is C20H15ClN8O. The number of nitrogens with zero attached hydrogens (tertiary/aromatic N) is 7.